The second-order valence-corrected chi connectivity index (χ2v) is 9.07. The number of hydrogen-bond donors (Lipinski definition) is 0. The maximum absolute atomic E-state index is 13.0. The van der Waals surface area contributed by atoms with Crippen molar-refractivity contribution in [1.82, 2.24) is 0 Å². The lowest BCUT2D eigenvalue weighted by molar-refractivity contribution is 0.0735. The third-order valence-electron chi connectivity index (χ3n) is 4.93. The Labute approximate surface area is 180 Å². The Bertz CT molecular complexity index is 1020. The highest BCUT2D eigenvalue weighted by Crippen LogP contribution is 2.33. The molecule has 0 radical (unpaired) electrons. The molecule has 4 heteroatoms. The zero-order chi connectivity index (χ0) is 21.7. The van der Waals surface area contributed by atoms with Crippen LogP contribution in [0.5, 0.6) is 5.75 Å². The van der Waals surface area contributed by atoms with Crippen LogP contribution in [0.4, 0.5) is 0 Å². The van der Waals surface area contributed by atoms with Gasteiger partial charge < -0.3 is 4.74 Å². The number of rotatable bonds is 7. The van der Waals surface area contributed by atoms with Crippen LogP contribution in [0.15, 0.2) is 72.8 Å². The number of esters is 1. The van der Waals surface area contributed by atoms with Crippen molar-refractivity contribution in [1.29, 1.82) is 0 Å². The summed E-state index contributed by atoms with van der Waals surface area (Å²) < 4.78 is 5.87. The molecule has 0 saturated carbocycles. The summed E-state index contributed by atoms with van der Waals surface area (Å²) in [7, 11) is -0.123. The summed E-state index contributed by atoms with van der Waals surface area (Å²) in [6.07, 6.45) is 0. The molecular formula is C26H27O3P. The molecule has 0 spiro atoms. The molecule has 0 amide bonds. The van der Waals surface area contributed by atoms with Gasteiger partial charge in [-0.3, -0.25) is 4.79 Å². The van der Waals surface area contributed by atoms with Gasteiger partial charge in [-0.15, -0.1) is 0 Å². The summed E-state index contributed by atoms with van der Waals surface area (Å²) in [5.41, 5.74) is 3.34. The predicted molar refractivity (Wildman–Crippen MR) is 125 cm³/mol. The molecule has 1 unspecified atom stereocenters. The second kappa shape index (κ2) is 9.82. The highest BCUT2D eigenvalue weighted by Gasteiger charge is 2.21. The summed E-state index contributed by atoms with van der Waals surface area (Å²) in [6.45, 7) is 8.42. The van der Waals surface area contributed by atoms with Gasteiger partial charge in [0.1, 0.15) is 5.75 Å². The molecule has 0 bridgehead atoms. The predicted octanol–water partition coefficient (Wildman–Crippen LogP) is 6.30. The molecule has 0 aromatic heterocycles. The first kappa shape index (κ1) is 21.9. The van der Waals surface area contributed by atoms with E-state index in [1.165, 1.54) is 0 Å². The van der Waals surface area contributed by atoms with Crippen LogP contribution in [-0.2, 0) is 0 Å². The van der Waals surface area contributed by atoms with Crippen molar-refractivity contribution in [2.45, 2.75) is 39.5 Å². The SMILES string of the molecule is CC(C)c1cc(OC(=O)c2ccccc2)c(PC(=O)c2ccccc2)c(C(C)C)c1. The topological polar surface area (TPSA) is 43.4 Å². The van der Waals surface area contributed by atoms with E-state index in [9.17, 15) is 9.59 Å². The maximum atomic E-state index is 13.0. The molecule has 0 fully saturated rings. The van der Waals surface area contributed by atoms with E-state index < -0.39 is 5.97 Å². The summed E-state index contributed by atoms with van der Waals surface area (Å²) in [5.74, 6) is 0.550. The van der Waals surface area contributed by atoms with E-state index in [1.807, 2.05) is 54.6 Å². The highest BCUT2D eigenvalue weighted by molar-refractivity contribution is 7.66. The third-order valence-corrected chi connectivity index (χ3v) is 6.23. The van der Waals surface area contributed by atoms with Gasteiger partial charge in [-0.2, -0.15) is 0 Å². The van der Waals surface area contributed by atoms with Gasteiger partial charge in [0, 0.05) is 10.9 Å². The minimum absolute atomic E-state index is 0.0341. The van der Waals surface area contributed by atoms with Crippen molar-refractivity contribution in [2.75, 3.05) is 0 Å². The minimum Gasteiger partial charge on any atom is -0.422 e. The van der Waals surface area contributed by atoms with Crippen molar-refractivity contribution >= 4 is 25.4 Å². The average Bonchev–Trinajstić information content (AvgIpc) is 2.75. The lowest BCUT2D eigenvalue weighted by Crippen LogP contribution is -2.18. The Kier molecular flexibility index (Phi) is 7.18. The van der Waals surface area contributed by atoms with E-state index in [0.717, 1.165) is 16.4 Å². The molecule has 3 rings (SSSR count). The van der Waals surface area contributed by atoms with Crippen LogP contribution < -0.4 is 10.0 Å². The monoisotopic (exact) mass is 418 g/mol. The van der Waals surface area contributed by atoms with E-state index in [1.54, 1.807) is 12.1 Å². The molecule has 0 N–H and O–H groups in total. The molecule has 3 nitrogen and oxygen atoms in total. The first-order valence-electron chi connectivity index (χ1n) is 10.2. The van der Waals surface area contributed by atoms with Crippen molar-refractivity contribution < 1.29 is 14.3 Å². The van der Waals surface area contributed by atoms with Crippen molar-refractivity contribution in [3.8, 4) is 5.75 Å². The standard InChI is InChI=1S/C26H27O3P/c1-17(2)21-15-22(18(3)4)24(30-26(28)20-13-9-6-10-14-20)23(16-21)29-25(27)19-11-7-5-8-12-19/h5-18,30H,1-4H3. The third kappa shape index (κ3) is 5.23. The van der Waals surface area contributed by atoms with Gasteiger partial charge in [-0.1, -0.05) is 82.3 Å². The molecular weight excluding hydrogens is 391 g/mol. The van der Waals surface area contributed by atoms with Gasteiger partial charge in [0.05, 0.1) is 5.56 Å². The van der Waals surface area contributed by atoms with Crippen LogP contribution in [0, 0.1) is 0 Å². The minimum atomic E-state index is -0.413. The van der Waals surface area contributed by atoms with Crippen LogP contribution in [0.1, 0.15) is 71.4 Å². The number of carbonyl (C=O) groups is 2. The van der Waals surface area contributed by atoms with Crippen LogP contribution in [0.25, 0.3) is 0 Å². The van der Waals surface area contributed by atoms with Gasteiger partial charge in [0.15, 0.2) is 5.52 Å². The fourth-order valence-corrected chi connectivity index (χ4v) is 4.46. The Morgan fingerprint density at radius 2 is 1.33 bits per heavy atom. The fourth-order valence-electron chi connectivity index (χ4n) is 3.17. The molecule has 0 aliphatic carbocycles. The normalized spacial score (nSPS) is 11.4. The first-order chi connectivity index (χ1) is 14.4. The van der Waals surface area contributed by atoms with Crippen molar-refractivity contribution in [3.63, 3.8) is 0 Å². The maximum Gasteiger partial charge on any atom is 0.343 e. The number of benzene rings is 3. The molecule has 0 aliphatic heterocycles. The summed E-state index contributed by atoms with van der Waals surface area (Å²) in [6, 6.07) is 22.3. The van der Waals surface area contributed by atoms with E-state index in [-0.39, 0.29) is 25.9 Å². The quantitative estimate of drug-likeness (QED) is 0.257. The van der Waals surface area contributed by atoms with Crippen molar-refractivity contribution in [3.05, 3.63) is 95.1 Å². The highest BCUT2D eigenvalue weighted by atomic mass is 31.1. The van der Waals surface area contributed by atoms with Gasteiger partial charge in [0.25, 0.3) is 0 Å². The number of ether oxygens (including phenoxy) is 1. The zero-order valence-corrected chi connectivity index (χ0v) is 18.8. The van der Waals surface area contributed by atoms with Crippen LogP contribution in [-0.4, -0.2) is 11.5 Å². The lowest BCUT2D eigenvalue weighted by Gasteiger charge is -2.20. The van der Waals surface area contributed by atoms with E-state index >= 15 is 0 Å². The summed E-state index contributed by atoms with van der Waals surface area (Å²) in [4.78, 5) is 25.8. The molecule has 0 aliphatic rings. The molecule has 154 valence electrons. The second-order valence-electron chi connectivity index (χ2n) is 7.87. The molecule has 3 aromatic carbocycles. The van der Waals surface area contributed by atoms with Gasteiger partial charge in [-0.05, 0) is 49.7 Å². The smallest absolute Gasteiger partial charge is 0.343 e. The van der Waals surface area contributed by atoms with E-state index in [2.05, 4.69) is 33.8 Å². The first-order valence-corrected chi connectivity index (χ1v) is 11.2. The summed E-state index contributed by atoms with van der Waals surface area (Å²) in [5, 5.41) is 0.813. The summed E-state index contributed by atoms with van der Waals surface area (Å²) >= 11 is 0. The Hall–Kier alpha value is -2.77. The Morgan fingerprint density at radius 1 is 0.767 bits per heavy atom. The molecule has 1 atom stereocenters. The lowest BCUT2D eigenvalue weighted by atomic mass is 9.95. The van der Waals surface area contributed by atoms with Gasteiger partial charge in [-0.25, -0.2) is 4.79 Å². The van der Waals surface area contributed by atoms with E-state index in [4.69, 9.17) is 4.74 Å². The molecule has 0 heterocycles. The van der Waals surface area contributed by atoms with Crippen LogP contribution in [0.2, 0.25) is 0 Å². The molecule has 3 aromatic rings. The zero-order valence-electron chi connectivity index (χ0n) is 17.8. The number of hydrogen-bond acceptors (Lipinski definition) is 3. The van der Waals surface area contributed by atoms with Gasteiger partial charge >= 0.3 is 5.97 Å². The fraction of sp³-hybridized carbons (Fsp3) is 0.231. The Balaban J connectivity index is 2.05. The molecule has 0 saturated heterocycles. The van der Waals surface area contributed by atoms with Crippen LogP contribution in [0.3, 0.4) is 0 Å². The van der Waals surface area contributed by atoms with E-state index in [0.29, 0.717) is 16.9 Å². The van der Waals surface area contributed by atoms with Crippen molar-refractivity contribution in [2.24, 2.45) is 0 Å². The molecule has 30 heavy (non-hydrogen) atoms. The van der Waals surface area contributed by atoms with Crippen LogP contribution >= 0.6 is 8.58 Å². The Morgan fingerprint density at radius 3 is 1.87 bits per heavy atom. The number of carbonyl (C=O) groups excluding carboxylic acids is 2. The average molecular weight is 418 g/mol. The largest absolute Gasteiger partial charge is 0.422 e. The van der Waals surface area contributed by atoms with Gasteiger partial charge in [0.2, 0.25) is 0 Å².